The van der Waals surface area contributed by atoms with Gasteiger partial charge in [-0.3, -0.25) is 4.79 Å². The topological polar surface area (TPSA) is 99.2 Å². The summed E-state index contributed by atoms with van der Waals surface area (Å²) in [5, 5.41) is 12.0. The van der Waals surface area contributed by atoms with E-state index in [1.54, 1.807) is 25.1 Å². The van der Waals surface area contributed by atoms with Crippen molar-refractivity contribution in [1.82, 2.24) is 9.80 Å². The largest absolute Gasteiger partial charge is 0.478 e. The minimum absolute atomic E-state index is 0.0535. The number of carboxylic acid groups (broad SMARTS) is 1. The minimum Gasteiger partial charge on any atom is -0.478 e. The zero-order chi connectivity index (χ0) is 19.3. The summed E-state index contributed by atoms with van der Waals surface area (Å²) in [7, 11) is 4.93. The smallest absolute Gasteiger partial charge is 0.335 e. The first-order chi connectivity index (χ1) is 12.3. The highest BCUT2D eigenvalue weighted by molar-refractivity contribution is 5.95. The van der Waals surface area contributed by atoms with E-state index in [9.17, 15) is 19.5 Å². The Balaban J connectivity index is 2.02. The number of aromatic carboxylic acids is 1. The van der Waals surface area contributed by atoms with Gasteiger partial charge in [0.05, 0.1) is 12.2 Å². The van der Waals surface area contributed by atoms with Gasteiger partial charge in [0.25, 0.3) is 0 Å². The van der Waals surface area contributed by atoms with Gasteiger partial charge in [-0.1, -0.05) is 0 Å². The molecule has 1 fully saturated rings. The summed E-state index contributed by atoms with van der Waals surface area (Å²) in [6.45, 7) is 1.31. The van der Waals surface area contributed by atoms with Crippen molar-refractivity contribution >= 4 is 23.6 Å². The van der Waals surface area contributed by atoms with Crippen LogP contribution in [-0.2, 0) is 16.1 Å². The van der Waals surface area contributed by atoms with E-state index >= 15 is 0 Å². The third kappa shape index (κ3) is 4.95. The minimum atomic E-state index is -1.06. The SMILES string of the molecule is COCc1cc(NC(=O)C2CCN(C(=O)N(C)C)CC2)cc(C(=O)O)c1. The van der Waals surface area contributed by atoms with Gasteiger partial charge < -0.3 is 25.0 Å². The molecule has 1 aromatic carbocycles. The van der Waals surface area contributed by atoms with Crippen LogP contribution in [0.4, 0.5) is 10.5 Å². The summed E-state index contributed by atoms with van der Waals surface area (Å²) >= 11 is 0. The summed E-state index contributed by atoms with van der Waals surface area (Å²) in [6, 6.07) is 4.61. The maximum atomic E-state index is 12.5. The van der Waals surface area contributed by atoms with Crippen LogP contribution in [0.5, 0.6) is 0 Å². The average Bonchev–Trinajstić information content (AvgIpc) is 2.61. The van der Waals surface area contributed by atoms with Crippen molar-refractivity contribution in [2.45, 2.75) is 19.4 Å². The second-order valence-corrected chi connectivity index (χ2v) is 6.58. The van der Waals surface area contributed by atoms with Crippen LogP contribution in [0, 0.1) is 5.92 Å². The van der Waals surface area contributed by atoms with Gasteiger partial charge >= 0.3 is 12.0 Å². The molecule has 2 N–H and O–H groups in total. The second kappa shape index (κ2) is 8.66. The van der Waals surface area contributed by atoms with Crippen molar-refractivity contribution in [2.75, 3.05) is 39.6 Å². The first kappa shape index (κ1) is 19.7. The molecule has 1 aliphatic rings. The molecule has 0 spiro atoms. The number of anilines is 1. The molecule has 8 heteroatoms. The normalized spacial score (nSPS) is 14.8. The van der Waals surface area contributed by atoms with Gasteiger partial charge in [-0.2, -0.15) is 0 Å². The van der Waals surface area contributed by atoms with Crippen LogP contribution in [0.1, 0.15) is 28.8 Å². The van der Waals surface area contributed by atoms with Crippen LogP contribution in [0.15, 0.2) is 18.2 Å². The fraction of sp³-hybridized carbons (Fsp3) is 0.500. The number of nitrogens with zero attached hydrogens (tertiary/aromatic N) is 2. The van der Waals surface area contributed by atoms with Gasteiger partial charge in [0, 0.05) is 45.9 Å². The first-order valence-electron chi connectivity index (χ1n) is 8.45. The van der Waals surface area contributed by atoms with E-state index in [1.165, 1.54) is 24.1 Å². The summed E-state index contributed by atoms with van der Waals surface area (Å²) in [6.07, 6.45) is 1.16. The lowest BCUT2D eigenvalue weighted by Crippen LogP contribution is -2.45. The summed E-state index contributed by atoms with van der Waals surface area (Å²) in [4.78, 5) is 39.0. The Kier molecular flexibility index (Phi) is 6.57. The lowest BCUT2D eigenvalue weighted by atomic mass is 9.96. The van der Waals surface area contributed by atoms with E-state index in [2.05, 4.69) is 5.32 Å². The molecular formula is C18H25N3O5. The number of nitrogens with one attached hydrogen (secondary N) is 1. The summed E-state index contributed by atoms with van der Waals surface area (Å²) in [5.41, 5.74) is 1.21. The van der Waals surface area contributed by atoms with Crippen molar-refractivity contribution in [3.05, 3.63) is 29.3 Å². The highest BCUT2D eigenvalue weighted by Crippen LogP contribution is 2.22. The fourth-order valence-corrected chi connectivity index (χ4v) is 3.00. The Morgan fingerprint density at radius 1 is 1.23 bits per heavy atom. The molecule has 0 aliphatic carbocycles. The van der Waals surface area contributed by atoms with Gasteiger partial charge in [0.15, 0.2) is 0 Å². The van der Waals surface area contributed by atoms with Gasteiger partial charge in [0.1, 0.15) is 0 Å². The predicted octanol–water partition coefficient (Wildman–Crippen LogP) is 1.86. The van der Waals surface area contributed by atoms with Crippen LogP contribution >= 0.6 is 0 Å². The highest BCUT2D eigenvalue weighted by atomic mass is 16.5. The molecule has 1 aromatic rings. The maximum absolute atomic E-state index is 12.5. The Morgan fingerprint density at radius 3 is 2.42 bits per heavy atom. The third-order valence-electron chi connectivity index (χ3n) is 4.34. The van der Waals surface area contributed by atoms with E-state index in [1.807, 2.05) is 0 Å². The number of ether oxygens (including phenoxy) is 1. The number of carbonyl (C=O) groups excluding carboxylic acids is 2. The predicted molar refractivity (Wildman–Crippen MR) is 96.1 cm³/mol. The number of carboxylic acids is 1. The Hall–Kier alpha value is -2.61. The highest BCUT2D eigenvalue weighted by Gasteiger charge is 2.28. The number of urea groups is 1. The van der Waals surface area contributed by atoms with Crippen LogP contribution in [0.25, 0.3) is 0 Å². The molecule has 0 bridgehead atoms. The summed E-state index contributed by atoms with van der Waals surface area (Å²) in [5.74, 6) is -1.43. The maximum Gasteiger partial charge on any atom is 0.335 e. The molecule has 0 unspecified atom stereocenters. The van der Waals surface area contributed by atoms with Gasteiger partial charge in [-0.15, -0.1) is 0 Å². The Bertz CT molecular complexity index is 681. The zero-order valence-electron chi connectivity index (χ0n) is 15.3. The van der Waals surface area contributed by atoms with Crippen LogP contribution in [-0.4, -0.2) is 67.1 Å². The number of likely N-dealkylation sites (tertiary alicyclic amines) is 1. The quantitative estimate of drug-likeness (QED) is 0.832. The second-order valence-electron chi connectivity index (χ2n) is 6.58. The number of amides is 3. The molecule has 1 saturated heterocycles. The molecule has 0 radical (unpaired) electrons. The number of rotatable bonds is 5. The van der Waals surface area contributed by atoms with E-state index in [-0.39, 0.29) is 30.0 Å². The number of piperidine rings is 1. The van der Waals surface area contributed by atoms with Crippen molar-refractivity contribution < 1.29 is 24.2 Å². The molecule has 0 saturated carbocycles. The van der Waals surface area contributed by atoms with Crippen LogP contribution in [0.3, 0.4) is 0 Å². The van der Waals surface area contributed by atoms with Gasteiger partial charge in [0.2, 0.25) is 5.91 Å². The lowest BCUT2D eigenvalue weighted by Gasteiger charge is -2.33. The lowest BCUT2D eigenvalue weighted by molar-refractivity contribution is -0.121. The van der Waals surface area contributed by atoms with E-state index in [0.717, 1.165) is 0 Å². The monoisotopic (exact) mass is 363 g/mol. The molecule has 142 valence electrons. The molecule has 0 aromatic heterocycles. The third-order valence-corrected chi connectivity index (χ3v) is 4.34. The van der Waals surface area contributed by atoms with Crippen LogP contribution in [0.2, 0.25) is 0 Å². The molecule has 8 nitrogen and oxygen atoms in total. The molecular weight excluding hydrogens is 338 g/mol. The van der Waals surface area contributed by atoms with E-state index in [0.29, 0.717) is 37.2 Å². The van der Waals surface area contributed by atoms with E-state index in [4.69, 9.17) is 4.74 Å². The molecule has 1 aliphatic heterocycles. The number of benzene rings is 1. The standard InChI is InChI=1S/C18H25N3O5/c1-20(2)18(25)21-6-4-13(5-7-21)16(22)19-15-9-12(11-26-3)8-14(10-15)17(23)24/h8-10,13H,4-7,11H2,1-3H3,(H,19,22)(H,23,24). The molecule has 1 heterocycles. The van der Waals surface area contributed by atoms with E-state index < -0.39 is 5.97 Å². The fourth-order valence-electron chi connectivity index (χ4n) is 3.00. The Labute approximate surface area is 152 Å². The number of methoxy groups -OCH3 is 1. The van der Waals surface area contributed by atoms with Gasteiger partial charge in [-0.25, -0.2) is 9.59 Å². The molecule has 2 rings (SSSR count). The van der Waals surface area contributed by atoms with Crippen molar-refractivity contribution in [1.29, 1.82) is 0 Å². The number of hydrogen-bond acceptors (Lipinski definition) is 4. The van der Waals surface area contributed by atoms with Gasteiger partial charge in [-0.05, 0) is 36.6 Å². The van der Waals surface area contributed by atoms with Crippen molar-refractivity contribution in [3.8, 4) is 0 Å². The number of hydrogen-bond donors (Lipinski definition) is 2. The first-order valence-corrected chi connectivity index (χ1v) is 8.45. The molecule has 0 atom stereocenters. The molecule has 26 heavy (non-hydrogen) atoms. The molecule has 3 amide bonds. The average molecular weight is 363 g/mol. The number of carbonyl (C=O) groups is 3. The Morgan fingerprint density at radius 2 is 1.88 bits per heavy atom. The van der Waals surface area contributed by atoms with Crippen molar-refractivity contribution in [3.63, 3.8) is 0 Å². The summed E-state index contributed by atoms with van der Waals surface area (Å²) < 4.78 is 5.05. The van der Waals surface area contributed by atoms with Crippen LogP contribution < -0.4 is 5.32 Å². The van der Waals surface area contributed by atoms with Crippen molar-refractivity contribution in [2.24, 2.45) is 5.92 Å². The zero-order valence-corrected chi connectivity index (χ0v) is 15.3.